The van der Waals surface area contributed by atoms with Gasteiger partial charge in [-0.2, -0.15) is 5.10 Å². The van der Waals surface area contributed by atoms with E-state index in [0.717, 1.165) is 17.1 Å². The minimum absolute atomic E-state index is 0.937. The van der Waals surface area contributed by atoms with E-state index in [-0.39, 0.29) is 0 Å². The quantitative estimate of drug-likeness (QED) is 0.666. The highest BCUT2D eigenvalue weighted by molar-refractivity contribution is 5.59. The standard InChI is InChI=1S/C12H11N5/c1-16-6-5-14-12(16)10-3-2-4-11(7-10)17-9-13-8-15-17/h2-9H,1H3. The zero-order valence-electron chi connectivity index (χ0n) is 9.35. The van der Waals surface area contributed by atoms with Crippen molar-refractivity contribution < 1.29 is 0 Å². The summed E-state index contributed by atoms with van der Waals surface area (Å²) in [5.74, 6) is 0.937. The zero-order valence-corrected chi connectivity index (χ0v) is 9.35. The minimum Gasteiger partial charge on any atom is -0.334 e. The van der Waals surface area contributed by atoms with E-state index in [0.29, 0.717) is 0 Å². The van der Waals surface area contributed by atoms with Crippen molar-refractivity contribution in [3.05, 3.63) is 49.3 Å². The van der Waals surface area contributed by atoms with Crippen LogP contribution in [0, 0.1) is 0 Å². The van der Waals surface area contributed by atoms with Crippen LogP contribution in [0.2, 0.25) is 0 Å². The third-order valence-electron chi connectivity index (χ3n) is 2.61. The molecule has 0 amide bonds. The van der Waals surface area contributed by atoms with Crippen molar-refractivity contribution >= 4 is 0 Å². The zero-order chi connectivity index (χ0) is 11.7. The molecule has 0 N–H and O–H groups in total. The Morgan fingerprint density at radius 2 is 2.18 bits per heavy atom. The molecule has 5 nitrogen and oxygen atoms in total. The molecule has 0 aliphatic rings. The second kappa shape index (κ2) is 3.86. The predicted molar refractivity (Wildman–Crippen MR) is 63.6 cm³/mol. The number of hydrogen-bond acceptors (Lipinski definition) is 3. The van der Waals surface area contributed by atoms with Crippen molar-refractivity contribution in [2.24, 2.45) is 7.05 Å². The van der Waals surface area contributed by atoms with Crippen LogP contribution in [0.25, 0.3) is 17.1 Å². The van der Waals surface area contributed by atoms with Crippen molar-refractivity contribution in [3.63, 3.8) is 0 Å². The monoisotopic (exact) mass is 225 g/mol. The molecule has 0 spiro atoms. The molecule has 84 valence electrons. The molecule has 17 heavy (non-hydrogen) atoms. The summed E-state index contributed by atoms with van der Waals surface area (Å²) >= 11 is 0. The van der Waals surface area contributed by atoms with E-state index in [2.05, 4.69) is 15.1 Å². The fourth-order valence-electron chi connectivity index (χ4n) is 1.77. The van der Waals surface area contributed by atoms with Crippen molar-refractivity contribution in [1.29, 1.82) is 0 Å². The molecule has 0 aliphatic heterocycles. The summed E-state index contributed by atoms with van der Waals surface area (Å²) in [4.78, 5) is 8.27. The van der Waals surface area contributed by atoms with Gasteiger partial charge in [0.1, 0.15) is 18.5 Å². The van der Waals surface area contributed by atoms with Crippen LogP contribution in [0.15, 0.2) is 49.3 Å². The molecule has 0 unspecified atom stereocenters. The van der Waals surface area contributed by atoms with Crippen LogP contribution in [0.1, 0.15) is 0 Å². The molecular formula is C12H11N5. The first-order valence-electron chi connectivity index (χ1n) is 5.27. The van der Waals surface area contributed by atoms with Gasteiger partial charge in [0.05, 0.1) is 5.69 Å². The summed E-state index contributed by atoms with van der Waals surface area (Å²) in [5.41, 5.74) is 2.04. The molecule has 0 radical (unpaired) electrons. The SMILES string of the molecule is Cn1ccnc1-c1cccc(-n2cncn2)c1. The topological polar surface area (TPSA) is 48.5 Å². The van der Waals surface area contributed by atoms with E-state index in [9.17, 15) is 0 Å². The van der Waals surface area contributed by atoms with E-state index < -0.39 is 0 Å². The van der Waals surface area contributed by atoms with E-state index in [4.69, 9.17) is 0 Å². The van der Waals surface area contributed by atoms with Crippen LogP contribution >= 0.6 is 0 Å². The molecule has 5 heteroatoms. The Balaban J connectivity index is 2.09. The number of rotatable bonds is 2. The first-order chi connectivity index (χ1) is 8.34. The Morgan fingerprint density at radius 1 is 1.24 bits per heavy atom. The molecule has 3 rings (SSSR count). The first-order valence-corrected chi connectivity index (χ1v) is 5.27. The summed E-state index contributed by atoms with van der Waals surface area (Å²) in [5, 5.41) is 4.11. The van der Waals surface area contributed by atoms with Crippen LogP contribution in [0.5, 0.6) is 0 Å². The molecule has 2 heterocycles. The molecule has 2 aromatic heterocycles. The van der Waals surface area contributed by atoms with Gasteiger partial charge in [0.15, 0.2) is 0 Å². The number of aryl methyl sites for hydroxylation is 1. The van der Waals surface area contributed by atoms with Crippen molar-refractivity contribution in [2.45, 2.75) is 0 Å². The lowest BCUT2D eigenvalue weighted by molar-refractivity contribution is 0.877. The number of hydrogen-bond donors (Lipinski definition) is 0. The number of benzene rings is 1. The smallest absolute Gasteiger partial charge is 0.139 e. The van der Waals surface area contributed by atoms with E-state index in [1.165, 1.54) is 6.33 Å². The second-order valence-corrected chi connectivity index (χ2v) is 3.75. The van der Waals surface area contributed by atoms with Gasteiger partial charge in [-0.05, 0) is 12.1 Å². The molecule has 1 aromatic carbocycles. The van der Waals surface area contributed by atoms with Crippen LogP contribution in [-0.2, 0) is 7.05 Å². The Labute approximate surface area is 98.4 Å². The van der Waals surface area contributed by atoms with Gasteiger partial charge in [-0.3, -0.25) is 0 Å². The van der Waals surface area contributed by atoms with E-state index in [1.807, 2.05) is 42.1 Å². The highest BCUT2D eigenvalue weighted by Crippen LogP contribution is 2.19. The molecule has 3 aromatic rings. The normalized spacial score (nSPS) is 10.6. The Bertz CT molecular complexity index is 624. The van der Waals surface area contributed by atoms with Gasteiger partial charge < -0.3 is 4.57 Å². The molecule has 0 atom stereocenters. The lowest BCUT2D eigenvalue weighted by Crippen LogP contribution is -1.96. The predicted octanol–water partition coefficient (Wildman–Crippen LogP) is 1.67. The average molecular weight is 225 g/mol. The maximum atomic E-state index is 4.33. The van der Waals surface area contributed by atoms with Gasteiger partial charge >= 0.3 is 0 Å². The number of nitrogens with zero attached hydrogens (tertiary/aromatic N) is 5. The minimum atomic E-state index is 0.937. The van der Waals surface area contributed by atoms with Crippen LogP contribution < -0.4 is 0 Å². The lowest BCUT2D eigenvalue weighted by Gasteiger charge is -2.05. The molecule has 0 fully saturated rings. The number of aromatic nitrogens is 5. The van der Waals surface area contributed by atoms with Crippen LogP contribution in [-0.4, -0.2) is 24.3 Å². The van der Waals surface area contributed by atoms with Crippen molar-refractivity contribution in [1.82, 2.24) is 24.3 Å². The van der Waals surface area contributed by atoms with Crippen molar-refractivity contribution in [3.8, 4) is 17.1 Å². The molecule has 0 bridgehead atoms. The Morgan fingerprint density at radius 3 is 2.88 bits per heavy atom. The average Bonchev–Trinajstić information content (AvgIpc) is 2.99. The fourth-order valence-corrected chi connectivity index (χ4v) is 1.77. The van der Waals surface area contributed by atoms with Gasteiger partial charge in [-0.25, -0.2) is 14.6 Å². The first kappa shape index (κ1) is 9.77. The van der Waals surface area contributed by atoms with Gasteiger partial charge in [0.2, 0.25) is 0 Å². The summed E-state index contributed by atoms with van der Waals surface area (Å²) in [7, 11) is 1.98. The summed E-state index contributed by atoms with van der Waals surface area (Å²) < 4.78 is 3.72. The largest absolute Gasteiger partial charge is 0.334 e. The maximum Gasteiger partial charge on any atom is 0.139 e. The third-order valence-corrected chi connectivity index (χ3v) is 2.61. The highest BCUT2D eigenvalue weighted by Gasteiger charge is 2.04. The van der Waals surface area contributed by atoms with Gasteiger partial charge in [0.25, 0.3) is 0 Å². The number of imidazole rings is 1. The third kappa shape index (κ3) is 1.71. The molecule has 0 saturated carbocycles. The fraction of sp³-hybridized carbons (Fsp3) is 0.0833. The van der Waals surface area contributed by atoms with E-state index >= 15 is 0 Å². The van der Waals surface area contributed by atoms with Crippen LogP contribution in [0.4, 0.5) is 0 Å². The highest BCUT2D eigenvalue weighted by atomic mass is 15.3. The summed E-state index contributed by atoms with van der Waals surface area (Å²) in [6, 6.07) is 8.04. The van der Waals surface area contributed by atoms with Crippen LogP contribution in [0.3, 0.4) is 0 Å². The van der Waals surface area contributed by atoms with Crippen molar-refractivity contribution in [2.75, 3.05) is 0 Å². The summed E-state index contributed by atoms with van der Waals surface area (Å²) in [6.07, 6.45) is 6.92. The van der Waals surface area contributed by atoms with Gasteiger partial charge in [-0.1, -0.05) is 12.1 Å². The lowest BCUT2D eigenvalue weighted by atomic mass is 10.2. The molecule has 0 aliphatic carbocycles. The molecule has 0 saturated heterocycles. The van der Waals surface area contributed by atoms with Gasteiger partial charge in [0, 0.05) is 25.0 Å². The maximum absolute atomic E-state index is 4.33. The van der Waals surface area contributed by atoms with Gasteiger partial charge in [-0.15, -0.1) is 0 Å². The summed E-state index contributed by atoms with van der Waals surface area (Å²) in [6.45, 7) is 0. The Hall–Kier alpha value is -2.43. The molecular weight excluding hydrogens is 214 g/mol. The van der Waals surface area contributed by atoms with E-state index in [1.54, 1.807) is 17.2 Å². The second-order valence-electron chi connectivity index (χ2n) is 3.75. The Kier molecular flexibility index (Phi) is 2.22.